The molecule has 0 saturated heterocycles. The molecule has 0 aromatic heterocycles. The average molecular weight is 458 g/mol. The SMILES string of the molecule is CCCOC(=O)c1ccc(N2C(=O)C(SCc3ccccc3)=C(c3ccccc3)C2=O)cc1. The number of benzene rings is 3. The van der Waals surface area contributed by atoms with Gasteiger partial charge in [0.15, 0.2) is 0 Å². The summed E-state index contributed by atoms with van der Waals surface area (Å²) in [5, 5.41) is 0. The Labute approximate surface area is 197 Å². The fourth-order valence-electron chi connectivity index (χ4n) is 3.49. The van der Waals surface area contributed by atoms with E-state index in [0.29, 0.717) is 39.7 Å². The van der Waals surface area contributed by atoms with Gasteiger partial charge in [-0.1, -0.05) is 67.6 Å². The minimum atomic E-state index is -0.426. The largest absolute Gasteiger partial charge is 0.462 e. The first-order valence-electron chi connectivity index (χ1n) is 10.7. The number of carbonyl (C=O) groups is 3. The van der Waals surface area contributed by atoms with Crippen LogP contribution in [-0.4, -0.2) is 24.4 Å². The summed E-state index contributed by atoms with van der Waals surface area (Å²) in [6.07, 6.45) is 0.734. The van der Waals surface area contributed by atoms with E-state index in [-0.39, 0.29) is 11.8 Å². The number of hydrogen-bond donors (Lipinski definition) is 0. The van der Waals surface area contributed by atoms with Crippen LogP contribution in [0.3, 0.4) is 0 Å². The van der Waals surface area contributed by atoms with E-state index >= 15 is 0 Å². The predicted molar refractivity (Wildman–Crippen MR) is 131 cm³/mol. The van der Waals surface area contributed by atoms with Crippen LogP contribution in [0.1, 0.15) is 34.8 Å². The van der Waals surface area contributed by atoms with Crippen LogP contribution in [0.2, 0.25) is 0 Å². The van der Waals surface area contributed by atoms with E-state index in [9.17, 15) is 14.4 Å². The molecule has 3 aromatic rings. The van der Waals surface area contributed by atoms with Crippen LogP contribution >= 0.6 is 11.8 Å². The van der Waals surface area contributed by atoms with E-state index < -0.39 is 5.97 Å². The van der Waals surface area contributed by atoms with Crippen molar-refractivity contribution in [1.29, 1.82) is 0 Å². The van der Waals surface area contributed by atoms with Gasteiger partial charge in [-0.05, 0) is 41.8 Å². The molecule has 6 heteroatoms. The van der Waals surface area contributed by atoms with Crippen molar-refractivity contribution >= 4 is 40.8 Å². The molecular formula is C27H23NO4S. The Morgan fingerprint density at radius 2 is 1.48 bits per heavy atom. The van der Waals surface area contributed by atoms with Crippen molar-refractivity contribution in [3.8, 4) is 0 Å². The third-order valence-corrected chi connectivity index (χ3v) is 6.27. The number of nitrogens with zero attached hydrogens (tertiary/aromatic N) is 1. The number of ether oxygens (including phenoxy) is 1. The van der Waals surface area contributed by atoms with Gasteiger partial charge < -0.3 is 4.74 Å². The summed E-state index contributed by atoms with van der Waals surface area (Å²) in [6.45, 7) is 2.27. The van der Waals surface area contributed by atoms with Crippen LogP contribution in [-0.2, 0) is 20.1 Å². The number of amides is 2. The topological polar surface area (TPSA) is 63.7 Å². The number of esters is 1. The Bertz CT molecular complexity index is 1190. The van der Waals surface area contributed by atoms with Crippen molar-refractivity contribution in [2.24, 2.45) is 0 Å². The Balaban J connectivity index is 1.63. The van der Waals surface area contributed by atoms with Crippen LogP contribution in [0.5, 0.6) is 0 Å². The highest BCUT2D eigenvalue weighted by Crippen LogP contribution is 2.39. The van der Waals surface area contributed by atoms with Crippen molar-refractivity contribution in [1.82, 2.24) is 0 Å². The van der Waals surface area contributed by atoms with Gasteiger partial charge in [-0.15, -0.1) is 11.8 Å². The zero-order chi connectivity index (χ0) is 23.2. The molecule has 5 nitrogen and oxygen atoms in total. The molecule has 0 radical (unpaired) electrons. The fourth-order valence-corrected chi connectivity index (χ4v) is 4.56. The van der Waals surface area contributed by atoms with Crippen molar-refractivity contribution in [2.75, 3.05) is 11.5 Å². The number of imide groups is 1. The Morgan fingerprint density at radius 3 is 2.12 bits per heavy atom. The molecule has 1 aliphatic heterocycles. The molecule has 33 heavy (non-hydrogen) atoms. The molecule has 0 unspecified atom stereocenters. The third kappa shape index (κ3) is 4.91. The molecule has 0 atom stereocenters. The Kier molecular flexibility index (Phi) is 7.05. The van der Waals surface area contributed by atoms with E-state index in [1.54, 1.807) is 24.3 Å². The van der Waals surface area contributed by atoms with Gasteiger partial charge in [0, 0.05) is 5.75 Å². The zero-order valence-electron chi connectivity index (χ0n) is 18.2. The summed E-state index contributed by atoms with van der Waals surface area (Å²) in [5.41, 5.74) is 2.96. The van der Waals surface area contributed by atoms with E-state index in [1.807, 2.05) is 67.6 Å². The van der Waals surface area contributed by atoms with Crippen LogP contribution < -0.4 is 4.90 Å². The van der Waals surface area contributed by atoms with Gasteiger partial charge >= 0.3 is 5.97 Å². The van der Waals surface area contributed by atoms with Crippen LogP contribution in [0, 0.1) is 0 Å². The molecule has 2 amide bonds. The smallest absolute Gasteiger partial charge is 0.338 e. The Hall–Kier alpha value is -3.64. The number of rotatable bonds is 8. The molecule has 1 aliphatic rings. The summed E-state index contributed by atoms with van der Waals surface area (Å²) in [7, 11) is 0. The van der Waals surface area contributed by atoms with E-state index in [0.717, 1.165) is 12.0 Å². The molecule has 4 rings (SSSR count). The highest BCUT2D eigenvalue weighted by molar-refractivity contribution is 8.03. The molecule has 0 fully saturated rings. The number of thioether (sulfide) groups is 1. The molecule has 0 bridgehead atoms. The van der Waals surface area contributed by atoms with Gasteiger partial charge in [-0.25, -0.2) is 9.69 Å². The normalized spacial score (nSPS) is 13.5. The lowest BCUT2D eigenvalue weighted by Crippen LogP contribution is -2.31. The molecule has 166 valence electrons. The van der Waals surface area contributed by atoms with Crippen LogP contribution in [0.25, 0.3) is 5.57 Å². The van der Waals surface area contributed by atoms with Crippen molar-refractivity contribution in [2.45, 2.75) is 19.1 Å². The molecule has 1 heterocycles. The minimum Gasteiger partial charge on any atom is -0.462 e. The quantitative estimate of drug-likeness (QED) is 0.331. The molecule has 0 spiro atoms. The maximum atomic E-state index is 13.4. The fraction of sp³-hybridized carbons (Fsp3) is 0.148. The average Bonchev–Trinajstić information content (AvgIpc) is 3.11. The van der Waals surface area contributed by atoms with Crippen molar-refractivity contribution < 1.29 is 19.1 Å². The summed E-state index contributed by atoms with van der Waals surface area (Å²) in [6, 6.07) is 25.4. The van der Waals surface area contributed by atoms with Gasteiger partial charge in [0.2, 0.25) is 0 Å². The molecule has 3 aromatic carbocycles. The predicted octanol–water partition coefficient (Wildman–Crippen LogP) is 5.47. The number of anilines is 1. The van der Waals surface area contributed by atoms with Gasteiger partial charge in [0.25, 0.3) is 11.8 Å². The first-order valence-corrected chi connectivity index (χ1v) is 11.7. The monoisotopic (exact) mass is 457 g/mol. The van der Waals surface area contributed by atoms with Gasteiger partial charge in [-0.2, -0.15) is 0 Å². The van der Waals surface area contributed by atoms with E-state index in [2.05, 4.69) is 0 Å². The second-order valence-electron chi connectivity index (χ2n) is 7.47. The molecular weight excluding hydrogens is 434 g/mol. The first-order chi connectivity index (χ1) is 16.1. The van der Waals surface area contributed by atoms with Crippen LogP contribution in [0.15, 0.2) is 89.8 Å². The standard InChI is InChI=1S/C27H23NO4S/c1-2-17-32-27(31)21-13-15-22(16-14-21)28-25(29)23(20-11-7-4-8-12-20)24(26(28)30)33-18-19-9-5-3-6-10-19/h3-16H,2,17-18H2,1H3. The maximum absolute atomic E-state index is 13.4. The highest BCUT2D eigenvalue weighted by atomic mass is 32.2. The summed E-state index contributed by atoms with van der Waals surface area (Å²) < 4.78 is 5.15. The lowest BCUT2D eigenvalue weighted by Gasteiger charge is -2.15. The van der Waals surface area contributed by atoms with Gasteiger partial charge in [0.1, 0.15) is 0 Å². The summed E-state index contributed by atoms with van der Waals surface area (Å²) in [5.74, 6) is -0.587. The van der Waals surface area contributed by atoms with Gasteiger partial charge in [0.05, 0.1) is 28.3 Å². The maximum Gasteiger partial charge on any atom is 0.338 e. The third-order valence-electron chi connectivity index (χ3n) is 5.13. The summed E-state index contributed by atoms with van der Waals surface area (Å²) in [4.78, 5) is 40.5. The number of carbonyl (C=O) groups excluding carboxylic acids is 3. The molecule has 0 saturated carbocycles. The Morgan fingerprint density at radius 1 is 0.848 bits per heavy atom. The van der Waals surface area contributed by atoms with Crippen molar-refractivity contribution in [3.05, 3.63) is 107 Å². The van der Waals surface area contributed by atoms with Crippen molar-refractivity contribution in [3.63, 3.8) is 0 Å². The molecule has 0 N–H and O–H groups in total. The minimum absolute atomic E-state index is 0.343. The van der Waals surface area contributed by atoms with E-state index in [4.69, 9.17) is 4.74 Å². The molecule has 0 aliphatic carbocycles. The van der Waals surface area contributed by atoms with Crippen LogP contribution in [0.4, 0.5) is 5.69 Å². The number of hydrogen-bond acceptors (Lipinski definition) is 5. The summed E-state index contributed by atoms with van der Waals surface area (Å²) >= 11 is 1.36. The van der Waals surface area contributed by atoms with Gasteiger partial charge in [-0.3, -0.25) is 9.59 Å². The second kappa shape index (κ2) is 10.3. The highest BCUT2D eigenvalue weighted by Gasteiger charge is 2.40. The zero-order valence-corrected chi connectivity index (χ0v) is 19.0. The second-order valence-corrected chi connectivity index (χ2v) is 8.46. The lowest BCUT2D eigenvalue weighted by atomic mass is 10.1. The van der Waals surface area contributed by atoms with E-state index in [1.165, 1.54) is 16.7 Å². The lowest BCUT2D eigenvalue weighted by molar-refractivity contribution is -0.119. The first kappa shape index (κ1) is 22.6.